The highest BCUT2D eigenvalue weighted by molar-refractivity contribution is 9.10. The van der Waals surface area contributed by atoms with E-state index in [4.69, 9.17) is 18.6 Å². The number of aliphatic hydroxyl groups is 2. The van der Waals surface area contributed by atoms with Crippen LogP contribution in [0.3, 0.4) is 0 Å². The molecule has 2 amide bonds. The van der Waals surface area contributed by atoms with E-state index < -0.39 is 60.3 Å². The fourth-order valence-corrected chi connectivity index (χ4v) is 8.09. The number of pyridine rings is 2. The highest BCUT2D eigenvalue weighted by atomic mass is 79.9. The number of aromatic nitrogens is 3. The summed E-state index contributed by atoms with van der Waals surface area (Å²) < 4.78 is 62.7. The Morgan fingerprint density at radius 3 is 2.34 bits per heavy atom. The van der Waals surface area contributed by atoms with Gasteiger partial charge >= 0.3 is 6.18 Å². The van der Waals surface area contributed by atoms with E-state index in [1.54, 1.807) is 73.3 Å². The second kappa shape index (κ2) is 22.1. The fourth-order valence-electron chi connectivity index (χ4n) is 7.74. The average molecular weight is 969 g/mol. The van der Waals surface area contributed by atoms with Crippen LogP contribution in [-0.2, 0) is 21.5 Å². The molecule has 5 aromatic rings. The molecule has 1 saturated heterocycles. The Morgan fingerprint density at radius 1 is 0.954 bits per heavy atom. The number of fused-ring (bicyclic) bond motifs is 1. The molecule has 19 heteroatoms. The van der Waals surface area contributed by atoms with Gasteiger partial charge in [0.2, 0.25) is 17.7 Å². The minimum Gasteiger partial charge on any atom is -0.495 e. The summed E-state index contributed by atoms with van der Waals surface area (Å²) in [6.07, 6.45) is 1.54. The van der Waals surface area contributed by atoms with Crippen molar-refractivity contribution >= 4 is 27.7 Å². The van der Waals surface area contributed by atoms with Crippen LogP contribution in [0.4, 0.5) is 13.2 Å². The largest absolute Gasteiger partial charge is 0.495 e. The summed E-state index contributed by atoms with van der Waals surface area (Å²) in [6, 6.07) is 18.2. The summed E-state index contributed by atoms with van der Waals surface area (Å²) in [7, 11) is 3.14. The monoisotopic (exact) mass is 967 g/mol. The number of halogens is 4. The van der Waals surface area contributed by atoms with Gasteiger partial charge in [0.05, 0.1) is 50.5 Å². The van der Waals surface area contributed by atoms with Gasteiger partial charge in [0.1, 0.15) is 42.5 Å². The Bertz CT molecular complexity index is 2340. The van der Waals surface area contributed by atoms with E-state index in [0.717, 1.165) is 15.8 Å². The number of para-hydroxylation sites is 1. The SMILES string of the molecule is COc1cncc(-c2cnc(C(C)(C)N3CCN(C[C@@H](O)C[C@@H](Cc4ccccc4)C(=O)N[C@H]4c5ccccc5OC[C@H]4O)[C@H](C(=O)NCC(F)(F)F)C3)o2)c1.COc1cncc(Br)c1. The third-order valence-corrected chi connectivity index (χ3v) is 11.7. The summed E-state index contributed by atoms with van der Waals surface area (Å²) >= 11 is 3.26. The maximum absolute atomic E-state index is 14.0. The van der Waals surface area contributed by atoms with Gasteiger partial charge in [-0.15, -0.1) is 0 Å². The molecular weight excluding hydrogens is 915 g/mol. The van der Waals surface area contributed by atoms with E-state index in [1.165, 1.54) is 7.11 Å². The molecule has 2 aliphatic rings. The van der Waals surface area contributed by atoms with E-state index in [-0.39, 0.29) is 39.1 Å². The lowest BCUT2D eigenvalue weighted by atomic mass is 9.90. The lowest BCUT2D eigenvalue weighted by molar-refractivity contribution is -0.144. The van der Waals surface area contributed by atoms with Crippen LogP contribution in [0.5, 0.6) is 17.2 Å². The van der Waals surface area contributed by atoms with Gasteiger partial charge in [-0.25, -0.2) is 4.98 Å². The first-order chi connectivity index (χ1) is 31.0. The molecule has 2 aromatic carbocycles. The van der Waals surface area contributed by atoms with Crippen molar-refractivity contribution in [2.24, 2.45) is 5.92 Å². The lowest BCUT2D eigenvalue weighted by Gasteiger charge is -2.46. The molecule has 7 rings (SSSR count). The number of hydrogen-bond acceptors (Lipinski definition) is 13. The van der Waals surface area contributed by atoms with Crippen LogP contribution in [-0.4, -0.2) is 125 Å². The Balaban J connectivity index is 0.000000694. The number of methoxy groups -OCH3 is 2. The molecule has 0 radical (unpaired) electrons. The number of rotatable bonds is 15. The zero-order chi connectivity index (χ0) is 46.7. The smallest absolute Gasteiger partial charge is 0.405 e. The van der Waals surface area contributed by atoms with Gasteiger partial charge in [0, 0.05) is 60.1 Å². The number of nitrogens with one attached hydrogen (secondary N) is 2. The van der Waals surface area contributed by atoms with Crippen molar-refractivity contribution in [1.29, 1.82) is 0 Å². The molecular formula is C46H53BrF3N7O8. The van der Waals surface area contributed by atoms with Gasteiger partial charge in [-0.1, -0.05) is 48.5 Å². The van der Waals surface area contributed by atoms with Crippen molar-refractivity contribution in [3.05, 3.63) is 119 Å². The molecule has 15 nitrogen and oxygen atoms in total. The fraction of sp³-hybridized carbons (Fsp3) is 0.413. The van der Waals surface area contributed by atoms with Crippen molar-refractivity contribution < 1.29 is 51.6 Å². The molecule has 2 aliphatic heterocycles. The predicted molar refractivity (Wildman–Crippen MR) is 237 cm³/mol. The van der Waals surface area contributed by atoms with Crippen molar-refractivity contribution in [3.63, 3.8) is 0 Å². The first kappa shape index (κ1) is 48.8. The van der Waals surface area contributed by atoms with Crippen molar-refractivity contribution in [2.45, 2.75) is 62.7 Å². The summed E-state index contributed by atoms with van der Waals surface area (Å²) in [6.45, 7) is 2.65. The summed E-state index contributed by atoms with van der Waals surface area (Å²) in [4.78, 5) is 43.6. The topological polar surface area (TPSA) is 185 Å². The van der Waals surface area contributed by atoms with Crippen LogP contribution in [0.15, 0.2) is 107 Å². The summed E-state index contributed by atoms with van der Waals surface area (Å²) in [5.41, 5.74) is 1.22. The molecule has 4 N–H and O–H groups in total. The number of alkyl halides is 3. The maximum atomic E-state index is 14.0. The molecule has 3 aromatic heterocycles. The number of nitrogens with zero attached hydrogens (tertiary/aromatic N) is 5. The highest BCUT2D eigenvalue weighted by Gasteiger charge is 2.43. The van der Waals surface area contributed by atoms with Crippen molar-refractivity contribution in [1.82, 2.24) is 35.4 Å². The Hall–Kier alpha value is -5.60. The Morgan fingerprint density at radius 2 is 1.65 bits per heavy atom. The van der Waals surface area contributed by atoms with E-state index in [2.05, 4.69) is 36.2 Å². The van der Waals surface area contributed by atoms with Crippen LogP contribution in [0.25, 0.3) is 11.3 Å². The van der Waals surface area contributed by atoms with Gasteiger partial charge in [-0.05, 0) is 66.4 Å². The molecule has 0 aliphatic carbocycles. The number of aliphatic hydroxyl groups excluding tert-OH is 2. The normalized spacial score (nSPS) is 18.8. The number of piperazine rings is 1. The molecule has 0 bridgehead atoms. The molecule has 0 spiro atoms. The van der Waals surface area contributed by atoms with E-state index >= 15 is 0 Å². The van der Waals surface area contributed by atoms with Gasteiger partial charge in [0.15, 0.2) is 5.76 Å². The standard InChI is InChI=1S/C40H47F3N6O7.C6H6BrNO/c1-39(2,38-45-20-34(56-38)27-17-29(54-3)19-44-18-27)49-14-13-48(31(22-49)37(53)46-24-40(41,42)43)21-28(50)16-26(15-25-9-5-4-6-10-25)36(52)47-35-30-11-7-8-12-33(30)55-23-32(35)51;1-9-6-2-5(7)3-8-4-6/h4-12,17-20,26,28,31-32,35,50-51H,13-16,21-24H2,1-3H3,(H,46,53)(H,47,52);2-4H,1H3/t26-,28+,31+,32-,35+;/m1./s1. The zero-order valence-corrected chi connectivity index (χ0v) is 38.0. The van der Waals surface area contributed by atoms with E-state index in [0.29, 0.717) is 40.8 Å². The average Bonchev–Trinajstić information content (AvgIpc) is 3.81. The van der Waals surface area contributed by atoms with E-state index in [1.807, 2.05) is 60.5 Å². The maximum Gasteiger partial charge on any atom is 0.405 e. The number of amides is 2. The number of hydrogen-bond donors (Lipinski definition) is 4. The molecule has 5 heterocycles. The minimum absolute atomic E-state index is 0.00316. The first-order valence-electron chi connectivity index (χ1n) is 20.9. The van der Waals surface area contributed by atoms with E-state index in [9.17, 15) is 33.0 Å². The second-order valence-corrected chi connectivity index (χ2v) is 17.1. The molecule has 65 heavy (non-hydrogen) atoms. The first-order valence-corrected chi connectivity index (χ1v) is 21.7. The Labute approximate surface area is 383 Å². The van der Waals surface area contributed by atoms with Crippen molar-refractivity contribution in [3.8, 4) is 28.6 Å². The van der Waals surface area contributed by atoms with Gasteiger partial charge in [-0.2, -0.15) is 13.2 Å². The molecule has 1 fully saturated rings. The van der Waals surface area contributed by atoms with Crippen LogP contribution in [0.1, 0.15) is 43.3 Å². The number of β-amino-alcohol motifs (C(OH)–C–C–N with tert-alkyl or cyclic N) is 1. The minimum atomic E-state index is -4.63. The number of ether oxygens (including phenoxy) is 3. The zero-order valence-electron chi connectivity index (χ0n) is 36.4. The molecule has 0 unspecified atom stereocenters. The summed E-state index contributed by atoms with van der Waals surface area (Å²) in [5.74, 6) is 0.608. The number of benzene rings is 2. The van der Waals surface area contributed by atoms with Crippen LogP contribution >= 0.6 is 15.9 Å². The van der Waals surface area contributed by atoms with Crippen LogP contribution < -0.4 is 24.8 Å². The van der Waals surface area contributed by atoms with Gasteiger partial charge in [-0.3, -0.25) is 29.4 Å². The third-order valence-electron chi connectivity index (χ3n) is 11.3. The summed E-state index contributed by atoms with van der Waals surface area (Å²) in [5, 5.41) is 27.4. The highest BCUT2D eigenvalue weighted by Crippen LogP contribution is 2.35. The number of carbonyl (C=O) groups is 2. The quantitative estimate of drug-likeness (QED) is 0.100. The van der Waals surface area contributed by atoms with Gasteiger partial charge in [0.25, 0.3) is 0 Å². The lowest BCUT2D eigenvalue weighted by Crippen LogP contribution is -2.63. The second-order valence-electron chi connectivity index (χ2n) is 16.2. The molecule has 0 saturated carbocycles. The van der Waals surface area contributed by atoms with Crippen LogP contribution in [0, 0.1) is 5.92 Å². The predicted octanol–water partition coefficient (Wildman–Crippen LogP) is 5.72. The Kier molecular flexibility index (Phi) is 16.6. The number of oxazole rings is 1. The van der Waals surface area contributed by atoms with Gasteiger partial charge < -0.3 is 39.5 Å². The van der Waals surface area contributed by atoms with Crippen LogP contribution in [0.2, 0.25) is 0 Å². The molecule has 5 atom stereocenters. The van der Waals surface area contributed by atoms with Crippen molar-refractivity contribution in [2.75, 3.05) is 53.6 Å². The number of carbonyl (C=O) groups excluding carboxylic acids is 2. The third kappa shape index (κ3) is 13.3. The molecule has 348 valence electrons.